The molecule has 0 spiro atoms. The molecule has 0 aliphatic carbocycles. The highest BCUT2D eigenvalue weighted by Crippen LogP contribution is 2.27. The molecule has 0 saturated heterocycles. The summed E-state index contributed by atoms with van der Waals surface area (Å²) in [6.07, 6.45) is 1.50. The number of furan rings is 1. The summed E-state index contributed by atoms with van der Waals surface area (Å²) in [4.78, 5) is 30.4. The highest BCUT2D eigenvalue weighted by Gasteiger charge is 2.16. The summed E-state index contributed by atoms with van der Waals surface area (Å²) in [7, 11) is 0. The summed E-state index contributed by atoms with van der Waals surface area (Å²) < 4.78 is 26.2. The second kappa shape index (κ2) is 10.7. The van der Waals surface area contributed by atoms with Crippen LogP contribution in [0.5, 0.6) is 5.75 Å². The van der Waals surface area contributed by atoms with Crippen molar-refractivity contribution in [3.63, 3.8) is 0 Å². The van der Waals surface area contributed by atoms with Gasteiger partial charge in [-0.05, 0) is 60.2 Å². The summed E-state index contributed by atoms with van der Waals surface area (Å²) in [5, 5.41) is 8.34. The number of carbonyl (C=O) groups excluding carboxylic acids is 1. The molecule has 0 radical (unpaired) electrons. The summed E-state index contributed by atoms with van der Waals surface area (Å²) in [6, 6.07) is 28.9. The topological polar surface area (TPSA) is 98.7 Å². The van der Waals surface area contributed by atoms with E-state index < -0.39 is 11.7 Å². The van der Waals surface area contributed by atoms with Crippen molar-refractivity contribution in [3.05, 3.63) is 125 Å². The van der Waals surface area contributed by atoms with Crippen molar-refractivity contribution in [2.24, 2.45) is 5.10 Å². The molecule has 0 unspecified atom stereocenters. The average Bonchev–Trinajstić information content (AvgIpc) is 3.40. The highest BCUT2D eigenvalue weighted by molar-refractivity contribution is 5.92. The van der Waals surface area contributed by atoms with Crippen molar-refractivity contribution in [2.75, 3.05) is 11.9 Å². The fourth-order valence-electron chi connectivity index (χ4n) is 4.20. The fourth-order valence-corrected chi connectivity index (χ4v) is 4.20. The van der Waals surface area contributed by atoms with Gasteiger partial charge in [0.05, 0.1) is 17.1 Å². The van der Waals surface area contributed by atoms with E-state index in [1.807, 2.05) is 36.4 Å². The van der Waals surface area contributed by atoms with Crippen LogP contribution < -0.4 is 15.6 Å². The minimum Gasteiger partial charge on any atom is -0.484 e. The zero-order valence-electron chi connectivity index (χ0n) is 21.0. The molecule has 4 aromatic carbocycles. The van der Waals surface area contributed by atoms with E-state index in [1.165, 1.54) is 29.1 Å². The van der Waals surface area contributed by atoms with E-state index in [-0.39, 0.29) is 18.0 Å². The molecule has 6 rings (SSSR count). The monoisotopic (exact) mass is 532 g/mol. The van der Waals surface area contributed by atoms with Gasteiger partial charge in [-0.1, -0.05) is 48.5 Å². The highest BCUT2D eigenvalue weighted by atomic mass is 19.1. The molecule has 196 valence electrons. The first kappa shape index (κ1) is 24.7. The number of halogens is 1. The number of hydrogen-bond acceptors (Lipinski definition) is 6. The lowest BCUT2D eigenvalue weighted by Gasteiger charge is -2.09. The Hall–Kier alpha value is -5.57. The van der Waals surface area contributed by atoms with E-state index >= 15 is 0 Å². The van der Waals surface area contributed by atoms with E-state index in [4.69, 9.17) is 9.15 Å². The lowest BCUT2D eigenvalue weighted by molar-refractivity contribution is -0.118. The second-order valence-electron chi connectivity index (χ2n) is 8.88. The lowest BCUT2D eigenvalue weighted by Crippen LogP contribution is -2.20. The van der Waals surface area contributed by atoms with Crippen molar-refractivity contribution in [1.82, 2.24) is 9.66 Å². The molecule has 6 aromatic rings. The molecule has 0 aliphatic heterocycles. The minimum absolute atomic E-state index is 0.262. The van der Waals surface area contributed by atoms with Crippen LogP contribution in [0.4, 0.5) is 10.1 Å². The van der Waals surface area contributed by atoms with Gasteiger partial charge >= 0.3 is 0 Å². The van der Waals surface area contributed by atoms with Gasteiger partial charge in [-0.25, -0.2) is 9.37 Å². The number of hydrogen-bond donors (Lipinski definition) is 1. The third-order valence-electron chi connectivity index (χ3n) is 6.06. The third-order valence-corrected chi connectivity index (χ3v) is 6.06. The quantitative estimate of drug-likeness (QED) is 0.260. The molecule has 0 fully saturated rings. The van der Waals surface area contributed by atoms with Gasteiger partial charge in [-0.3, -0.25) is 9.59 Å². The van der Waals surface area contributed by atoms with Gasteiger partial charge in [-0.15, -0.1) is 0 Å². The van der Waals surface area contributed by atoms with Crippen LogP contribution in [0.1, 0.15) is 5.56 Å². The molecule has 2 heterocycles. The number of carbonyl (C=O) groups is 1. The first-order valence-electron chi connectivity index (χ1n) is 12.4. The van der Waals surface area contributed by atoms with Crippen molar-refractivity contribution >= 4 is 39.7 Å². The van der Waals surface area contributed by atoms with E-state index in [1.54, 1.807) is 48.5 Å². The van der Waals surface area contributed by atoms with E-state index in [0.717, 1.165) is 5.39 Å². The van der Waals surface area contributed by atoms with Gasteiger partial charge in [-0.2, -0.15) is 9.78 Å². The van der Waals surface area contributed by atoms with Crippen molar-refractivity contribution < 1.29 is 18.3 Å². The van der Waals surface area contributed by atoms with Gasteiger partial charge < -0.3 is 14.5 Å². The predicted octanol–water partition coefficient (Wildman–Crippen LogP) is 5.85. The van der Waals surface area contributed by atoms with Crippen LogP contribution in [0.2, 0.25) is 0 Å². The van der Waals surface area contributed by atoms with Crippen LogP contribution in [-0.4, -0.2) is 28.4 Å². The maximum atomic E-state index is 13.4. The van der Waals surface area contributed by atoms with Gasteiger partial charge in [0.2, 0.25) is 5.82 Å². The Morgan fingerprint density at radius 2 is 1.80 bits per heavy atom. The SMILES string of the molecule is O=C(COc1cccc(C=Nn2c(-c3cc4ccccc4o3)nc3ccccc3c2=O)c1)Nc1cccc(F)c1. The largest absolute Gasteiger partial charge is 0.484 e. The van der Waals surface area contributed by atoms with Gasteiger partial charge in [0, 0.05) is 11.1 Å². The second-order valence-corrected chi connectivity index (χ2v) is 8.88. The van der Waals surface area contributed by atoms with Crippen LogP contribution >= 0.6 is 0 Å². The maximum Gasteiger partial charge on any atom is 0.282 e. The van der Waals surface area contributed by atoms with Crippen LogP contribution in [-0.2, 0) is 4.79 Å². The number of para-hydroxylation sites is 2. The van der Waals surface area contributed by atoms with E-state index in [2.05, 4.69) is 15.4 Å². The first-order chi connectivity index (χ1) is 19.5. The van der Waals surface area contributed by atoms with Crippen LogP contribution in [0.25, 0.3) is 33.5 Å². The summed E-state index contributed by atoms with van der Waals surface area (Å²) in [5.74, 6) is 0.198. The number of benzene rings is 4. The Morgan fingerprint density at radius 3 is 2.67 bits per heavy atom. The maximum absolute atomic E-state index is 13.4. The number of rotatable bonds is 7. The summed E-state index contributed by atoms with van der Waals surface area (Å²) in [5.41, 5.74) is 1.81. The zero-order chi connectivity index (χ0) is 27.5. The minimum atomic E-state index is -0.449. The molecular formula is C31H21FN4O4. The Kier molecular flexibility index (Phi) is 6.60. The zero-order valence-corrected chi connectivity index (χ0v) is 21.0. The van der Waals surface area contributed by atoms with Crippen molar-refractivity contribution in [3.8, 4) is 17.3 Å². The molecule has 0 atom stereocenters. The lowest BCUT2D eigenvalue weighted by atomic mass is 10.2. The predicted molar refractivity (Wildman–Crippen MR) is 151 cm³/mol. The van der Waals surface area contributed by atoms with Crippen LogP contribution in [0.15, 0.2) is 117 Å². The third kappa shape index (κ3) is 5.21. The average molecular weight is 533 g/mol. The van der Waals surface area contributed by atoms with Gasteiger partial charge in [0.15, 0.2) is 12.4 Å². The number of fused-ring (bicyclic) bond motifs is 2. The number of amides is 1. The standard InChI is InChI=1S/C31H21FN4O4/c32-22-9-6-10-23(17-22)34-29(37)19-39-24-11-5-7-20(15-24)18-33-36-30(28-16-21-8-1-4-14-27(21)40-28)35-26-13-3-2-12-25(26)31(36)38/h1-18H,19H2,(H,34,37). The molecule has 2 aromatic heterocycles. The smallest absolute Gasteiger partial charge is 0.282 e. The number of aromatic nitrogens is 2. The molecule has 0 saturated carbocycles. The molecule has 40 heavy (non-hydrogen) atoms. The molecule has 1 amide bonds. The molecular weight excluding hydrogens is 511 g/mol. The van der Waals surface area contributed by atoms with E-state index in [9.17, 15) is 14.0 Å². The number of nitrogens with zero attached hydrogens (tertiary/aromatic N) is 3. The molecule has 1 N–H and O–H groups in total. The first-order valence-corrected chi connectivity index (χ1v) is 12.4. The summed E-state index contributed by atoms with van der Waals surface area (Å²) in [6.45, 7) is -0.276. The molecule has 9 heteroatoms. The molecule has 0 bridgehead atoms. The van der Waals surface area contributed by atoms with Crippen molar-refractivity contribution in [1.29, 1.82) is 0 Å². The number of anilines is 1. The Labute approximate surface area is 227 Å². The van der Waals surface area contributed by atoms with Crippen LogP contribution in [0.3, 0.4) is 0 Å². The molecule has 8 nitrogen and oxygen atoms in total. The van der Waals surface area contributed by atoms with Crippen LogP contribution in [0, 0.1) is 5.82 Å². The number of ether oxygens (including phenoxy) is 1. The Morgan fingerprint density at radius 1 is 0.975 bits per heavy atom. The number of nitrogens with one attached hydrogen (secondary N) is 1. The van der Waals surface area contributed by atoms with Gasteiger partial charge in [0.25, 0.3) is 11.5 Å². The normalized spacial score (nSPS) is 11.3. The summed E-state index contributed by atoms with van der Waals surface area (Å²) >= 11 is 0. The van der Waals surface area contributed by atoms with Gasteiger partial charge in [0.1, 0.15) is 17.1 Å². The Bertz CT molecular complexity index is 1930. The Balaban J connectivity index is 1.28. The van der Waals surface area contributed by atoms with Crippen molar-refractivity contribution in [2.45, 2.75) is 0 Å². The molecule has 0 aliphatic rings. The fraction of sp³-hybridized carbons (Fsp3) is 0.0323. The van der Waals surface area contributed by atoms with E-state index in [0.29, 0.717) is 39.2 Å².